The number of anilines is 2. The second-order valence-corrected chi connectivity index (χ2v) is 8.70. The van der Waals surface area contributed by atoms with Crippen LogP contribution in [-0.4, -0.2) is 50.2 Å². The number of hydrogen-bond donors (Lipinski definition) is 3. The summed E-state index contributed by atoms with van der Waals surface area (Å²) in [6.07, 6.45) is 1.32. The van der Waals surface area contributed by atoms with Gasteiger partial charge >= 0.3 is 0 Å². The monoisotopic (exact) mass is 488 g/mol. The highest BCUT2D eigenvalue weighted by molar-refractivity contribution is 5.94. The Hall–Kier alpha value is -4.27. The number of benzene rings is 2. The molecule has 9 nitrogen and oxygen atoms in total. The Balaban J connectivity index is 1.25. The first-order valence-corrected chi connectivity index (χ1v) is 12.0. The van der Waals surface area contributed by atoms with Crippen LogP contribution in [0.1, 0.15) is 23.2 Å². The Kier molecular flexibility index (Phi) is 6.88. The number of methoxy groups -OCH3 is 1. The van der Waals surface area contributed by atoms with Crippen molar-refractivity contribution >= 4 is 23.2 Å². The average molecular weight is 489 g/mol. The lowest BCUT2D eigenvalue weighted by atomic mass is 9.97. The minimum absolute atomic E-state index is 0.0411. The van der Waals surface area contributed by atoms with Crippen LogP contribution in [0.15, 0.2) is 54.6 Å². The summed E-state index contributed by atoms with van der Waals surface area (Å²) in [7, 11) is 1.57. The molecule has 3 N–H and O–H groups in total. The van der Waals surface area contributed by atoms with E-state index >= 15 is 0 Å². The summed E-state index contributed by atoms with van der Waals surface area (Å²) >= 11 is 0. The molecule has 2 aromatic carbocycles. The van der Waals surface area contributed by atoms with Gasteiger partial charge in [-0.25, -0.2) is 4.98 Å². The SMILES string of the molecule is COc1nc(-c2cccc3c2OCCO3)ccc1Nc1ccc(C(=O)NCC2CCNC(=O)C2)cc1. The van der Waals surface area contributed by atoms with Gasteiger partial charge in [-0.05, 0) is 60.9 Å². The Bertz CT molecular complexity index is 1260. The summed E-state index contributed by atoms with van der Waals surface area (Å²) in [6, 6.07) is 16.7. The van der Waals surface area contributed by atoms with Crippen LogP contribution >= 0.6 is 0 Å². The summed E-state index contributed by atoms with van der Waals surface area (Å²) in [6.45, 7) is 2.17. The van der Waals surface area contributed by atoms with Crippen molar-refractivity contribution in [3.8, 4) is 28.6 Å². The summed E-state index contributed by atoms with van der Waals surface area (Å²) in [4.78, 5) is 28.7. The normalized spacial score (nSPS) is 16.6. The fourth-order valence-electron chi connectivity index (χ4n) is 4.34. The van der Waals surface area contributed by atoms with Gasteiger partial charge in [-0.1, -0.05) is 6.07 Å². The Morgan fingerprint density at radius 3 is 2.75 bits per heavy atom. The smallest absolute Gasteiger partial charge is 0.251 e. The fourth-order valence-corrected chi connectivity index (χ4v) is 4.34. The van der Waals surface area contributed by atoms with Gasteiger partial charge < -0.3 is 30.2 Å². The fraction of sp³-hybridized carbons (Fsp3) is 0.296. The van der Waals surface area contributed by atoms with Crippen molar-refractivity contribution in [3.05, 3.63) is 60.2 Å². The van der Waals surface area contributed by atoms with Gasteiger partial charge in [-0.2, -0.15) is 0 Å². The summed E-state index contributed by atoms with van der Waals surface area (Å²) in [5.74, 6) is 1.87. The lowest BCUT2D eigenvalue weighted by molar-refractivity contribution is -0.123. The van der Waals surface area contributed by atoms with Gasteiger partial charge in [0.05, 0.1) is 12.8 Å². The van der Waals surface area contributed by atoms with Crippen LogP contribution in [0.25, 0.3) is 11.3 Å². The van der Waals surface area contributed by atoms with E-state index < -0.39 is 0 Å². The zero-order valence-corrected chi connectivity index (χ0v) is 20.0. The summed E-state index contributed by atoms with van der Waals surface area (Å²) in [5.41, 5.74) is 3.58. The minimum atomic E-state index is -0.159. The van der Waals surface area contributed by atoms with Gasteiger partial charge in [0.2, 0.25) is 11.8 Å². The third-order valence-corrected chi connectivity index (χ3v) is 6.22. The number of ether oxygens (including phenoxy) is 3. The minimum Gasteiger partial charge on any atom is -0.486 e. The maximum Gasteiger partial charge on any atom is 0.251 e. The van der Waals surface area contributed by atoms with Gasteiger partial charge in [0.25, 0.3) is 5.91 Å². The molecule has 3 aromatic rings. The first kappa shape index (κ1) is 23.5. The summed E-state index contributed by atoms with van der Waals surface area (Å²) < 4.78 is 17.0. The maximum atomic E-state index is 12.5. The molecular formula is C27H28N4O5. The van der Waals surface area contributed by atoms with Crippen molar-refractivity contribution in [1.82, 2.24) is 15.6 Å². The molecule has 0 saturated carbocycles. The van der Waals surface area contributed by atoms with Crippen LogP contribution in [0.2, 0.25) is 0 Å². The van der Waals surface area contributed by atoms with E-state index in [0.29, 0.717) is 67.0 Å². The number of fused-ring (bicyclic) bond motifs is 1. The van der Waals surface area contributed by atoms with Crippen LogP contribution in [0.4, 0.5) is 11.4 Å². The molecule has 0 radical (unpaired) electrons. The van der Waals surface area contributed by atoms with Crippen molar-refractivity contribution in [2.24, 2.45) is 5.92 Å². The lowest BCUT2D eigenvalue weighted by Crippen LogP contribution is -2.39. The number of carbonyl (C=O) groups excluding carboxylic acids is 2. The molecule has 1 fully saturated rings. The molecule has 1 saturated heterocycles. The first-order chi connectivity index (χ1) is 17.6. The molecule has 5 rings (SSSR count). The van der Waals surface area contributed by atoms with E-state index in [2.05, 4.69) is 20.9 Å². The highest BCUT2D eigenvalue weighted by Gasteiger charge is 2.20. The van der Waals surface area contributed by atoms with Crippen molar-refractivity contribution in [2.45, 2.75) is 12.8 Å². The molecule has 36 heavy (non-hydrogen) atoms. The molecule has 3 heterocycles. The van der Waals surface area contributed by atoms with Gasteiger partial charge in [0.1, 0.15) is 18.9 Å². The number of amides is 2. The average Bonchev–Trinajstić information content (AvgIpc) is 2.92. The van der Waals surface area contributed by atoms with Gasteiger partial charge in [-0.15, -0.1) is 0 Å². The van der Waals surface area contributed by atoms with Gasteiger partial charge in [0, 0.05) is 36.3 Å². The predicted molar refractivity (Wildman–Crippen MR) is 135 cm³/mol. The zero-order chi connectivity index (χ0) is 24.9. The highest BCUT2D eigenvalue weighted by Crippen LogP contribution is 2.40. The van der Waals surface area contributed by atoms with Crippen molar-refractivity contribution in [2.75, 3.05) is 38.7 Å². The van der Waals surface area contributed by atoms with E-state index in [1.165, 1.54) is 0 Å². The van der Waals surface area contributed by atoms with E-state index in [1.54, 1.807) is 19.2 Å². The van der Waals surface area contributed by atoms with E-state index in [9.17, 15) is 9.59 Å². The Morgan fingerprint density at radius 2 is 1.94 bits per heavy atom. The van der Waals surface area contributed by atoms with Gasteiger partial charge in [-0.3, -0.25) is 9.59 Å². The number of nitrogens with zero attached hydrogens (tertiary/aromatic N) is 1. The van der Waals surface area contributed by atoms with Crippen molar-refractivity contribution in [1.29, 1.82) is 0 Å². The topological polar surface area (TPSA) is 111 Å². The number of piperidine rings is 1. The number of aromatic nitrogens is 1. The Labute approximate surface area is 209 Å². The van der Waals surface area contributed by atoms with E-state index in [1.807, 2.05) is 42.5 Å². The molecule has 2 amide bonds. The molecule has 9 heteroatoms. The highest BCUT2D eigenvalue weighted by atomic mass is 16.6. The molecule has 0 bridgehead atoms. The molecule has 2 aliphatic rings. The first-order valence-electron chi connectivity index (χ1n) is 12.0. The third kappa shape index (κ3) is 5.19. The number of nitrogens with one attached hydrogen (secondary N) is 3. The van der Waals surface area contributed by atoms with Crippen LogP contribution in [0.3, 0.4) is 0 Å². The molecule has 186 valence electrons. The standard InChI is InChI=1S/C27H28N4O5/c1-34-27-22(10-9-21(31-27)20-3-2-4-23-25(20)36-14-13-35-23)30-19-7-5-18(6-8-19)26(33)29-16-17-11-12-28-24(32)15-17/h2-10,17,30H,11-16H2,1H3,(H,28,32)(H,29,33). The van der Waals surface area contributed by atoms with E-state index in [0.717, 1.165) is 17.7 Å². The largest absolute Gasteiger partial charge is 0.486 e. The third-order valence-electron chi connectivity index (χ3n) is 6.22. The number of para-hydroxylation sites is 1. The quantitative estimate of drug-likeness (QED) is 0.467. The van der Waals surface area contributed by atoms with Crippen LogP contribution in [-0.2, 0) is 4.79 Å². The second kappa shape index (κ2) is 10.6. The molecule has 0 aliphatic carbocycles. The Morgan fingerprint density at radius 1 is 1.11 bits per heavy atom. The number of pyridine rings is 1. The van der Waals surface area contributed by atoms with Crippen LogP contribution in [0, 0.1) is 5.92 Å². The molecule has 1 atom stereocenters. The van der Waals surface area contributed by atoms with Gasteiger partial charge in [0.15, 0.2) is 11.5 Å². The second-order valence-electron chi connectivity index (χ2n) is 8.70. The van der Waals surface area contributed by atoms with Crippen molar-refractivity contribution in [3.63, 3.8) is 0 Å². The van der Waals surface area contributed by atoms with E-state index in [-0.39, 0.29) is 17.7 Å². The molecule has 1 aromatic heterocycles. The van der Waals surface area contributed by atoms with Crippen LogP contribution in [0.5, 0.6) is 17.4 Å². The number of carbonyl (C=O) groups is 2. The van der Waals surface area contributed by atoms with Crippen LogP contribution < -0.4 is 30.2 Å². The lowest BCUT2D eigenvalue weighted by Gasteiger charge is -2.22. The number of hydrogen-bond acceptors (Lipinski definition) is 7. The predicted octanol–water partition coefficient (Wildman–Crippen LogP) is 3.53. The van der Waals surface area contributed by atoms with Crippen molar-refractivity contribution < 1.29 is 23.8 Å². The zero-order valence-electron chi connectivity index (χ0n) is 20.0. The molecule has 2 aliphatic heterocycles. The molecule has 0 spiro atoms. The number of rotatable bonds is 7. The maximum absolute atomic E-state index is 12.5. The molecule has 1 unspecified atom stereocenters. The summed E-state index contributed by atoms with van der Waals surface area (Å²) in [5, 5.41) is 9.04. The molecular weight excluding hydrogens is 460 g/mol. The van der Waals surface area contributed by atoms with E-state index in [4.69, 9.17) is 14.2 Å².